The van der Waals surface area contributed by atoms with Crippen molar-refractivity contribution < 1.29 is 13.2 Å². The number of nitrogens with zero attached hydrogens (tertiary/aromatic N) is 2. The molecule has 1 aliphatic heterocycles. The van der Waals surface area contributed by atoms with Crippen molar-refractivity contribution in [3.05, 3.63) is 24.3 Å². The number of hydrogen-bond acceptors (Lipinski definition) is 4. The Morgan fingerprint density at radius 3 is 2.52 bits per heavy atom. The van der Waals surface area contributed by atoms with Crippen LogP contribution in [0.2, 0.25) is 0 Å². The van der Waals surface area contributed by atoms with E-state index in [4.69, 9.17) is 0 Å². The first-order valence-corrected chi connectivity index (χ1v) is 9.09. The van der Waals surface area contributed by atoms with Crippen LogP contribution in [0.3, 0.4) is 0 Å². The van der Waals surface area contributed by atoms with Crippen LogP contribution in [0.1, 0.15) is 19.8 Å². The molecule has 1 aromatic carbocycles. The van der Waals surface area contributed by atoms with E-state index in [1.165, 1.54) is 33.9 Å². The summed E-state index contributed by atoms with van der Waals surface area (Å²) in [6, 6.07) is 6.75. The summed E-state index contributed by atoms with van der Waals surface area (Å²) in [5, 5.41) is 2.76. The lowest BCUT2D eigenvalue weighted by atomic mass is 10.2. The Kier molecular flexibility index (Phi) is 5.61. The molecule has 1 heterocycles. The van der Waals surface area contributed by atoms with Crippen molar-refractivity contribution in [2.24, 2.45) is 0 Å². The normalized spacial score (nSPS) is 16.6. The van der Waals surface area contributed by atoms with Crippen molar-refractivity contribution in [2.45, 2.75) is 25.8 Å². The second kappa shape index (κ2) is 7.29. The lowest BCUT2D eigenvalue weighted by Crippen LogP contribution is -2.46. The van der Waals surface area contributed by atoms with Gasteiger partial charge < -0.3 is 10.2 Å². The van der Waals surface area contributed by atoms with Gasteiger partial charge in [-0.15, -0.1) is 0 Å². The molecule has 0 saturated carbocycles. The molecular weight excluding hydrogens is 316 g/mol. The first-order valence-electron chi connectivity index (χ1n) is 7.65. The maximum atomic E-state index is 12.2. The molecule has 1 aliphatic rings. The number of benzene rings is 1. The molecule has 1 atom stereocenters. The van der Waals surface area contributed by atoms with Crippen LogP contribution < -0.4 is 14.9 Å². The molecule has 0 radical (unpaired) electrons. The minimum Gasteiger partial charge on any atom is -0.371 e. The monoisotopic (exact) mass is 340 g/mol. The highest BCUT2D eigenvalue weighted by atomic mass is 32.2. The average Bonchev–Trinajstić information content (AvgIpc) is 3.01. The quantitative estimate of drug-likeness (QED) is 0.810. The third-order valence-electron chi connectivity index (χ3n) is 3.78. The maximum Gasteiger partial charge on any atom is 0.279 e. The zero-order valence-electron chi connectivity index (χ0n) is 13.7. The number of carbonyl (C=O) groups excluding carboxylic acids is 1. The van der Waals surface area contributed by atoms with Gasteiger partial charge in [0.15, 0.2) is 0 Å². The van der Waals surface area contributed by atoms with Crippen molar-refractivity contribution in [2.75, 3.05) is 37.4 Å². The van der Waals surface area contributed by atoms with Crippen molar-refractivity contribution in [1.82, 2.24) is 9.03 Å². The lowest BCUT2D eigenvalue weighted by Gasteiger charge is -2.20. The summed E-state index contributed by atoms with van der Waals surface area (Å²) in [6.45, 7) is 3.56. The Morgan fingerprint density at radius 2 is 1.91 bits per heavy atom. The maximum absolute atomic E-state index is 12.2. The summed E-state index contributed by atoms with van der Waals surface area (Å²) in [6.07, 6.45) is 2.36. The second-order valence-electron chi connectivity index (χ2n) is 5.86. The van der Waals surface area contributed by atoms with E-state index in [0.717, 1.165) is 23.1 Å². The van der Waals surface area contributed by atoms with E-state index in [0.29, 0.717) is 5.69 Å². The van der Waals surface area contributed by atoms with Crippen LogP contribution in [-0.4, -0.2) is 51.9 Å². The summed E-state index contributed by atoms with van der Waals surface area (Å²) < 4.78 is 26.9. The van der Waals surface area contributed by atoms with Crippen molar-refractivity contribution >= 4 is 27.5 Å². The molecule has 8 heteroatoms. The predicted molar refractivity (Wildman–Crippen MR) is 91.7 cm³/mol. The van der Waals surface area contributed by atoms with E-state index in [1.807, 2.05) is 18.2 Å². The third-order valence-corrected chi connectivity index (χ3v) is 5.40. The molecule has 23 heavy (non-hydrogen) atoms. The van der Waals surface area contributed by atoms with E-state index in [2.05, 4.69) is 14.9 Å². The molecular formula is C15H24N4O3S. The van der Waals surface area contributed by atoms with Gasteiger partial charge in [0, 0.05) is 38.6 Å². The predicted octanol–water partition coefficient (Wildman–Crippen LogP) is 1.01. The van der Waals surface area contributed by atoms with E-state index < -0.39 is 22.2 Å². The molecule has 1 aromatic rings. The molecule has 0 unspecified atom stereocenters. The molecule has 2 N–H and O–H groups in total. The van der Waals surface area contributed by atoms with Crippen LogP contribution in [0.5, 0.6) is 0 Å². The fourth-order valence-electron chi connectivity index (χ4n) is 2.39. The highest BCUT2D eigenvalue weighted by Crippen LogP contribution is 2.23. The molecule has 0 aliphatic carbocycles. The fraction of sp³-hybridized carbons (Fsp3) is 0.533. The summed E-state index contributed by atoms with van der Waals surface area (Å²) in [5.41, 5.74) is 1.73. The van der Waals surface area contributed by atoms with Gasteiger partial charge in [-0.05, 0) is 38.0 Å². The summed E-state index contributed by atoms with van der Waals surface area (Å²) in [4.78, 5) is 14.4. The van der Waals surface area contributed by atoms with Gasteiger partial charge in [0.1, 0.15) is 0 Å². The van der Waals surface area contributed by atoms with Gasteiger partial charge in [0.2, 0.25) is 5.91 Å². The van der Waals surface area contributed by atoms with Gasteiger partial charge in [-0.2, -0.15) is 17.4 Å². The molecule has 0 aromatic heterocycles. The van der Waals surface area contributed by atoms with Gasteiger partial charge in [-0.1, -0.05) is 6.07 Å². The van der Waals surface area contributed by atoms with Crippen molar-refractivity contribution in [1.29, 1.82) is 0 Å². The Morgan fingerprint density at radius 1 is 1.26 bits per heavy atom. The zero-order chi connectivity index (χ0) is 17.0. The molecule has 7 nitrogen and oxygen atoms in total. The molecule has 1 amide bonds. The van der Waals surface area contributed by atoms with Gasteiger partial charge in [0.05, 0.1) is 6.04 Å². The number of hydrogen-bond donors (Lipinski definition) is 2. The lowest BCUT2D eigenvalue weighted by molar-refractivity contribution is -0.117. The van der Waals surface area contributed by atoms with E-state index in [1.54, 1.807) is 6.07 Å². The second-order valence-corrected chi connectivity index (χ2v) is 7.78. The van der Waals surface area contributed by atoms with Gasteiger partial charge in [0.25, 0.3) is 10.2 Å². The van der Waals surface area contributed by atoms with Crippen molar-refractivity contribution in [3.8, 4) is 0 Å². The van der Waals surface area contributed by atoms with E-state index in [-0.39, 0.29) is 0 Å². The van der Waals surface area contributed by atoms with Crippen LogP contribution in [0, 0.1) is 0 Å². The fourth-order valence-corrected chi connectivity index (χ4v) is 3.15. The van der Waals surface area contributed by atoms with Crippen LogP contribution in [0.25, 0.3) is 0 Å². The Balaban J connectivity index is 2.01. The molecule has 0 bridgehead atoms. The number of carbonyl (C=O) groups is 1. The highest BCUT2D eigenvalue weighted by Gasteiger charge is 2.22. The first kappa shape index (κ1) is 17.7. The van der Waals surface area contributed by atoms with E-state index >= 15 is 0 Å². The molecule has 1 fully saturated rings. The first-order chi connectivity index (χ1) is 10.8. The highest BCUT2D eigenvalue weighted by molar-refractivity contribution is 7.87. The van der Waals surface area contributed by atoms with Crippen molar-refractivity contribution in [3.63, 3.8) is 0 Å². The van der Waals surface area contributed by atoms with Crippen LogP contribution in [-0.2, 0) is 15.0 Å². The van der Waals surface area contributed by atoms with Crippen LogP contribution >= 0.6 is 0 Å². The Hall–Kier alpha value is -1.64. The number of amides is 1. The third kappa shape index (κ3) is 4.66. The minimum atomic E-state index is -3.64. The smallest absolute Gasteiger partial charge is 0.279 e. The number of anilines is 2. The largest absolute Gasteiger partial charge is 0.371 e. The van der Waals surface area contributed by atoms with Gasteiger partial charge in [-0.3, -0.25) is 4.79 Å². The summed E-state index contributed by atoms with van der Waals surface area (Å²) in [7, 11) is -0.823. The average molecular weight is 340 g/mol. The minimum absolute atomic E-state index is 0.394. The zero-order valence-corrected chi connectivity index (χ0v) is 14.6. The summed E-state index contributed by atoms with van der Waals surface area (Å²) >= 11 is 0. The molecule has 1 saturated heterocycles. The van der Waals surface area contributed by atoms with Gasteiger partial charge in [-0.25, -0.2) is 0 Å². The Bertz CT molecular complexity index is 654. The van der Waals surface area contributed by atoms with Crippen LogP contribution in [0.15, 0.2) is 24.3 Å². The Labute approximate surface area is 137 Å². The SMILES string of the molecule is C[C@H](NS(=O)(=O)N(C)C)C(=O)Nc1cccc(N2CCCC2)c1. The number of nitrogens with one attached hydrogen (secondary N) is 2. The standard InChI is InChI=1S/C15H24N4O3S/c1-12(17-23(21,22)18(2)3)15(20)16-13-7-6-8-14(11-13)19-9-4-5-10-19/h6-8,11-12,17H,4-5,9-10H2,1-3H3,(H,16,20)/t12-/m0/s1. The van der Waals surface area contributed by atoms with Crippen LogP contribution in [0.4, 0.5) is 11.4 Å². The molecule has 2 rings (SSSR count). The number of rotatable bonds is 6. The topological polar surface area (TPSA) is 81.8 Å². The molecule has 128 valence electrons. The molecule has 0 spiro atoms. The van der Waals surface area contributed by atoms with Gasteiger partial charge >= 0.3 is 0 Å². The van der Waals surface area contributed by atoms with E-state index in [9.17, 15) is 13.2 Å². The summed E-state index contributed by atoms with van der Waals surface area (Å²) in [5.74, 6) is -0.394.